The van der Waals surface area contributed by atoms with Crippen molar-refractivity contribution in [2.24, 2.45) is 5.10 Å². The van der Waals surface area contributed by atoms with Crippen LogP contribution in [-0.4, -0.2) is 27.3 Å². The molecule has 7 heteroatoms. The largest absolute Gasteiger partial charge is 0.212 e. The van der Waals surface area contributed by atoms with Crippen molar-refractivity contribution in [3.05, 3.63) is 64.9 Å². The third-order valence-electron chi connectivity index (χ3n) is 3.13. The molecule has 0 atom stereocenters. The molecule has 116 valence electrons. The molecule has 1 aromatic heterocycles. The summed E-state index contributed by atoms with van der Waals surface area (Å²) < 4.78 is 15.4. The van der Waals surface area contributed by atoms with Crippen LogP contribution in [0.5, 0.6) is 0 Å². The molecule has 0 radical (unpaired) electrons. The lowest BCUT2D eigenvalue weighted by molar-refractivity contribution is 0.625. The Morgan fingerprint density at radius 2 is 1.91 bits per heavy atom. The molecule has 4 nitrogen and oxygen atoms in total. The zero-order valence-corrected chi connectivity index (χ0v) is 13.7. The van der Waals surface area contributed by atoms with Gasteiger partial charge < -0.3 is 0 Å². The van der Waals surface area contributed by atoms with Crippen molar-refractivity contribution in [1.29, 1.82) is 0 Å². The first-order chi connectivity index (χ1) is 11.2. The fourth-order valence-electron chi connectivity index (χ4n) is 2.01. The highest BCUT2D eigenvalue weighted by molar-refractivity contribution is 7.98. The monoisotopic (exact) mass is 346 g/mol. The van der Waals surface area contributed by atoms with Crippen molar-refractivity contribution in [1.82, 2.24) is 14.9 Å². The predicted octanol–water partition coefficient (Wildman–Crippen LogP) is 4.34. The maximum atomic E-state index is 13.9. The predicted molar refractivity (Wildman–Crippen MR) is 91.6 cm³/mol. The Morgan fingerprint density at radius 3 is 2.61 bits per heavy atom. The summed E-state index contributed by atoms with van der Waals surface area (Å²) in [6.45, 7) is 0. The molecule has 2 aromatic carbocycles. The maximum Gasteiger partial charge on any atom is 0.212 e. The first-order valence-corrected chi connectivity index (χ1v) is 8.34. The second-order valence-electron chi connectivity index (χ2n) is 4.57. The van der Waals surface area contributed by atoms with Crippen LogP contribution in [0.25, 0.3) is 11.4 Å². The SMILES string of the molecule is CSc1nnc(-c2ccccc2)n1N=Cc1c(F)cccc1Cl. The van der Waals surface area contributed by atoms with E-state index in [2.05, 4.69) is 15.3 Å². The average molecular weight is 347 g/mol. The number of aromatic nitrogens is 3. The third-order valence-corrected chi connectivity index (χ3v) is 4.08. The Bertz CT molecular complexity index is 828. The van der Waals surface area contributed by atoms with Gasteiger partial charge in [-0.05, 0) is 18.4 Å². The summed E-state index contributed by atoms with van der Waals surface area (Å²) in [7, 11) is 0. The Balaban J connectivity index is 2.06. The number of hydrogen-bond acceptors (Lipinski definition) is 4. The molecule has 0 amide bonds. The Morgan fingerprint density at radius 1 is 1.13 bits per heavy atom. The summed E-state index contributed by atoms with van der Waals surface area (Å²) in [6.07, 6.45) is 3.26. The van der Waals surface area contributed by atoms with E-state index < -0.39 is 5.82 Å². The number of thioether (sulfide) groups is 1. The molecule has 0 spiro atoms. The molecule has 0 bridgehead atoms. The molecule has 0 saturated heterocycles. The van der Waals surface area contributed by atoms with Crippen LogP contribution in [0.3, 0.4) is 0 Å². The average Bonchev–Trinajstić information content (AvgIpc) is 2.98. The lowest BCUT2D eigenvalue weighted by Crippen LogP contribution is -1.98. The normalized spacial score (nSPS) is 11.3. The van der Waals surface area contributed by atoms with Gasteiger partial charge in [0.25, 0.3) is 0 Å². The van der Waals surface area contributed by atoms with E-state index in [1.54, 1.807) is 16.8 Å². The van der Waals surface area contributed by atoms with E-state index in [-0.39, 0.29) is 5.56 Å². The molecule has 0 aliphatic carbocycles. The quantitative estimate of drug-likeness (QED) is 0.521. The number of nitrogens with zero attached hydrogens (tertiary/aromatic N) is 4. The molecule has 0 unspecified atom stereocenters. The standard InChI is InChI=1S/C16H12ClFN4S/c1-23-16-21-20-15(11-6-3-2-4-7-11)22(16)19-10-12-13(17)8-5-9-14(12)18/h2-10H,1H3. The Kier molecular flexibility index (Phi) is 4.73. The van der Waals surface area contributed by atoms with E-state index in [9.17, 15) is 4.39 Å². The van der Waals surface area contributed by atoms with Crippen molar-refractivity contribution in [3.63, 3.8) is 0 Å². The third kappa shape index (κ3) is 3.28. The smallest absolute Gasteiger partial charge is 0.206 e. The summed E-state index contributed by atoms with van der Waals surface area (Å²) in [5.41, 5.74) is 1.10. The van der Waals surface area contributed by atoms with Gasteiger partial charge in [-0.1, -0.05) is 59.8 Å². The van der Waals surface area contributed by atoms with Gasteiger partial charge in [0.05, 0.1) is 11.2 Å². The molecule has 0 aliphatic heterocycles. The van der Waals surface area contributed by atoms with Crippen LogP contribution in [0.1, 0.15) is 5.56 Å². The van der Waals surface area contributed by atoms with E-state index in [0.717, 1.165) is 5.56 Å². The van der Waals surface area contributed by atoms with Crippen molar-refractivity contribution in [3.8, 4) is 11.4 Å². The van der Waals surface area contributed by atoms with E-state index in [1.807, 2.05) is 36.6 Å². The molecule has 0 fully saturated rings. The Hall–Kier alpha value is -2.18. The molecule has 3 rings (SSSR count). The van der Waals surface area contributed by atoms with Crippen molar-refractivity contribution < 1.29 is 4.39 Å². The van der Waals surface area contributed by atoms with E-state index in [0.29, 0.717) is 16.0 Å². The van der Waals surface area contributed by atoms with Gasteiger partial charge in [-0.25, -0.2) is 4.39 Å². The number of hydrogen-bond donors (Lipinski definition) is 0. The van der Waals surface area contributed by atoms with Crippen LogP contribution < -0.4 is 0 Å². The van der Waals surface area contributed by atoms with Gasteiger partial charge in [0.2, 0.25) is 5.16 Å². The Labute approximate surface area is 142 Å². The maximum absolute atomic E-state index is 13.9. The zero-order chi connectivity index (χ0) is 16.2. The van der Waals surface area contributed by atoms with Gasteiger partial charge >= 0.3 is 0 Å². The number of benzene rings is 2. The second kappa shape index (κ2) is 6.93. The van der Waals surface area contributed by atoms with Gasteiger partial charge in [0.15, 0.2) is 5.82 Å². The van der Waals surface area contributed by atoms with Crippen molar-refractivity contribution in [2.45, 2.75) is 5.16 Å². The summed E-state index contributed by atoms with van der Waals surface area (Å²) in [5, 5.41) is 13.5. The molecular formula is C16H12ClFN4S. The summed E-state index contributed by atoms with van der Waals surface area (Å²) in [6, 6.07) is 14.1. The minimum absolute atomic E-state index is 0.230. The van der Waals surface area contributed by atoms with Gasteiger partial charge in [0, 0.05) is 11.1 Å². The molecule has 1 heterocycles. The second-order valence-corrected chi connectivity index (χ2v) is 5.75. The zero-order valence-electron chi connectivity index (χ0n) is 12.1. The molecule has 3 aromatic rings. The molecule has 0 aliphatic rings. The molecule has 0 N–H and O–H groups in total. The van der Waals surface area contributed by atoms with Crippen LogP contribution in [0, 0.1) is 5.82 Å². The van der Waals surface area contributed by atoms with Gasteiger partial charge in [0.1, 0.15) is 5.82 Å². The highest BCUT2D eigenvalue weighted by Crippen LogP contribution is 2.23. The van der Waals surface area contributed by atoms with E-state index in [1.165, 1.54) is 24.0 Å². The lowest BCUT2D eigenvalue weighted by atomic mass is 10.2. The molecule has 23 heavy (non-hydrogen) atoms. The van der Waals surface area contributed by atoms with Crippen LogP contribution in [0.15, 0.2) is 58.8 Å². The summed E-state index contributed by atoms with van der Waals surface area (Å²) in [4.78, 5) is 0. The number of rotatable bonds is 4. The molecular weight excluding hydrogens is 335 g/mol. The van der Waals surface area contributed by atoms with Gasteiger partial charge in [-0.3, -0.25) is 0 Å². The minimum atomic E-state index is -0.429. The minimum Gasteiger partial charge on any atom is -0.206 e. The van der Waals surface area contributed by atoms with Crippen molar-refractivity contribution in [2.75, 3.05) is 6.26 Å². The highest BCUT2D eigenvalue weighted by Gasteiger charge is 2.13. The van der Waals surface area contributed by atoms with Crippen LogP contribution in [-0.2, 0) is 0 Å². The van der Waals surface area contributed by atoms with Crippen molar-refractivity contribution >= 4 is 29.6 Å². The fraction of sp³-hybridized carbons (Fsp3) is 0.0625. The highest BCUT2D eigenvalue weighted by atomic mass is 35.5. The van der Waals surface area contributed by atoms with E-state index in [4.69, 9.17) is 11.6 Å². The summed E-state index contributed by atoms with van der Waals surface area (Å²) >= 11 is 7.43. The van der Waals surface area contributed by atoms with Crippen LogP contribution in [0.2, 0.25) is 5.02 Å². The first kappa shape index (κ1) is 15.7. The lowest BCUT2D eigenvalue weighted by Gasteiger charge is -2.04. The van der Waals surface area contributed by atoms with E-state index >= 15 is 0 Å². The number of halogens is 2. The fourth-order valence-corrected chi connectivity index (χ4v) is 2.65. The van der Waals surface area contributed by atoms with Crippen LogP contribution >= 0.6 is 23.4 Å². The van der Waals surface area contributed by atoms with Crippen LogP contribution in [0.4, 0.5) is 4.39 Å². The van der Waals surface area contributed by atoms with Gasteiger partial charge in [-0.2, -0.15) is 9.78 Å². The van der Waals surface area contributed by atoms with Gasteiger partial charge in [-0.15, -0.1) is 10.2 Å². The molecule has 0 saturated carbocycles. The first-order valence-electron chi connectivity index (χ1n) is 6.74. The summed E-state index contributed by atoms with van der Waals surface area (Å²) in [5.74, 6) is 0.153. The topological polar surface area (TPSA) is 43.1 Å².